The fourth-order valence-corrected chi connectivity index (χ4v) is 3.90. The number of alkyl halides is 1. The molecular weight excluding hydrogens is 188 g/mol. The third-order valence-electron chi connectivity index (χ3n) is 2.81. The first-order valence-electron chi connectivity index (χ1n) is 4.60. The summed E-state index contributed by atoms with van der Waals surface area (Å²) in [6.45, 7) is 6.55. The van der Waals surface area contributed by atoms with Gasteiger partial charge >= 0.3 is 0 Å². The topological polar surface area (TPSA) is 17.1 Å². The molecule has 0 aliphatic heterocycles. The van der Waals surface area contributed by atoms with Crippen LogP contribution >= 0.6 is 11.6 Å². The van der Waals surface area contributed by atoms with Crippen LogP contribution in [0.25, 0.3) is 0 Å². The molecule has 70 valence electrons. The molecule has 0 heterocycles. The molecule has 0 bridgehead atoms. The fourth-order valence-electron chi connectivity index (χ4n) is 1.78. The number of ketones is 1. The first kappa shape index (κ1) is 10.3. The molecule has 1 fully saturated rings. The van der Waals surface area contributed by atoms with Crippen molar-refractivity contribution in [3.05, 3.63) is 0 Å². The largest absolute Gasteiger partial charge is 0.298 e. The molecule has 0 radical (unpaired) electrons. The zero-order valence-corrected chi connectivity index (χ0v) is 9.87. The molecule has 1 aliphatic rings. The summed E-state index contributed by atoms with van der Waals surface area (Å²) in [5, 5.41) is 0. The van der Waals surface area contributed by atoms with Gasteiger partial charge in [0.1, 0.15) is 0 Å². The van der Waals surface area contributed by atoms with Crippen LogP contribution in [0.3, 0.4) is 0 Å². The van der Waals surface area contributed by atoms with E-state index in [1.165, 1.54) is 0 Å². The third kappa shape index (κ3) is 1.60. The lowest BCUT2D eigenvalue weighted by atomic mass is 9.98. The second kappa shape index (κ2) is 3.15. The Bertz CT molecular complexity index is 197. The van der Waals surface area contributed by atoms with Gasteiger partial charge in [-0.3, -0.25) is 4.79 Å². The van der Waals surface area contributed by atoms with Gasteiger partial charge in [-0.25, -0.2) is 0 Å². The Kier molecular flexibility index (Phi) is 2.69. The monoisotopic (exact) mass is 204 g/mol. The minimum Gasteiger partial charge on any atom is -0.298 e. The van der Waals surface area contributed by atoms with Gasteiger partial charge in [-0.05, 0) is 12.8 Å². The predicted octanol–water partition coefficient (Wildman–Crippen LogP) is 2.98. The first-order chi connectivity index (χ1) is 5.38. The molecule has 1 unspecified atom stereocenters. The van der Waals surface area contributed by atoms with E-state index < -0.39 is 12.6 Å². The Hall–Kier alpha value is 0.177. The highest BCUT2D eigenvalue weighted by atomic mass is 35.5. The highest BCUT2D eigenvalue weighted by Crippen LogP contribution is 2.38. The molecule has 0 aromatic heterocycles. The molecular formula is C9H17ClOSi. The number of carbonyl (C=O) groups is 1. The van der Waals surface area contributed by atoms with Crippen LogP contribution in [-0.2, 0) is 4.79 Å². The summed E-state index contributed by atoms with van der Waals surface area (Å²) in [4.78, 5) is 11.7. The van der Waals surface area contributed by atoms with Crippen molar-refractivity contribution >= 4 is 25.5 Å². The van der Waals surface area contributed by atoms with Crippen molar-refractivity contribution in [3.8, 4) is 0 Å². The van der Waals surface area contributed by atoms with Gasteiger partial charge in [0.2, 0.25) is 0 Å². The first-order valence-corrected chi connectivity index (χ1v) is 8.48. The van der Waals surface area contributed by atoms with Crippen molar-refractivity contribution in [3.63, 3.8) is 0 Å². The lowest BCUT2D eigenvalue weighted by molar-refractivity contribution is -0.121. The molecule has 0 N–H and O–H groups in total. The molecule has 3 heteroatoms. The smallest absolute Gasteiger partial charge is 0.150 e. The summed E-state index contributed by atoms with van der Waals surface area (Å²) in [5.41, 5.74) is 0. The van der Waals surface area contributed by atoms with Crippen LogP contribution in [-0.4, -0.2) is 18.4 Å². The van der Waals surface area contributed by atoms with Gasteiger partial charge in [0.05, 0.1) is 12.6 Å². The lowest BCUT2D eigenvalue weighted by Crippen LogP contribution is -2.54. The van der Waals surface area contributed by atoms with E-state index in [1.807, 2.05) is 0 Å². The van der Waals surface area contributed by atoms with Gasteiger partial charge in [-0.2, -0.15) is 0 Å². The Labute approximate surface area is 80.5 Å². The minimum absolute atomic E-state index is 0.301. The van der Waals surface area contributed by atoms with Crippen molar-refractivity contribution < 1.29 is 4.79 Å². The van der Waals surface area contributed by atoms with Gasteiger partial charge in [-0.15, -0.1) is 11.6 Å². The van der Waals surface area contributed by atoms with Crippen molar-refractivity contribution in [2.24, 2.45) is 0 Å². The molecule has 12 heavy (non-hydrogen) atoms. The predicted molar refractivity (Wildman–Crippen MR) is 55.4 cm³/mol. The normalized spacial score (nSPS) is 32.2. The lowest BCUT2D eigenvalue weighted by Gasteiger charge is -2.39. The number of rotatable bonds is 1. The second-order valence-corrected chi connectivity index (χ2v) is 11.0. The Morgan fingerprint density at radius 3 is 2.25 bits per heavy atom. The van der Waals surface area contributed by atoms with E-state index in [2.05, 4.69) is 19.6 Å². The molecule has 0 aromatic carbocycles. The second-order valence-electron chi connectivity index (χ2n) is 4.68. The van der Waals surface area contributed by atoms with Gasteiger partial charge < -0.3 is 0 Å². The van der Waals surface area contributed by atoms with E-state index >= 15 is 0 Å². The van der Waals surface area contributed by atoms with Crippen LogP contribution in [0.2, 0.25) is 19.6 Å². The van der Waals surface area contributed by atoms with Crippen LogP contribution < -0.4 is 0 Å². The van der Waals surface area contributed by atoms with E-state index in [-0.39, 0.29) is 0 Å². The van der Waals surface area contributed by atoms with Crippen LogP contribution in [0.15, 0.2) is 0 Å². The number of hydrogen-bond donors (Lipinski definition) is 0. The van der Waals surface area contributed by atoms with E-state index in [0.29, 0.717) is 12.2 Å². The molecule has 0 amide bonds. The highest BCUT2D eigenvalue weighted by Gasteiger charge is 2.48. The maximum Gasteiger partial charge on any atom is 0.150 e. The molecule has 1 saturated carbocycles. The zero-order valence-electron chi connectivity index (χ0n) is 8.11. The standard InChI is InChI=1S/C9H17ClOSi/c1-12(2,3)9(10)7-5-4-6-8(9)11/h4-7H2,1-3H3. The SMILES string of the molecule is C[Si](C)(C)C1(Cl)CCCCC1=O. The van der Waals surface area contributed by atoms with Crippen molar-refractivity contribution in [2.75, 3.05) is 0 Å². The number of halogens is 1. The number of Topliss-reactive ketones (excluding diaryl/α,β-unsaturated/α-hetero) is 1. The molecule has 1 aliphatic carbocycles. The van der Waals surface area contributed by atoms with Gasteiger partial charge in [0.25, 0.3) is 0 Å². The van der Waals surface area contributed by atoms with E-state index in [9.17, 15) is 4.79 Å². The van der Waals surface area contributed by atoms with Crippen molar-refractivity contribution in [1.82, 2.24) is 0 Å². The van der Waals surface area contributed by atoms with Gasteiger partial charge in [0.15, 0.2) is 5.78 Å². The molecule has 1 nitrogen and oxygen atoms in total. The average Bonchev–Trinajstić information content (AvgIpc) is 1.93. The number of hydrogen-bond acceptors (Lipinski definition) is 1. The van der Waals surface area contributed by atoms with Crippen LogP contribution in [0, 0.1) is 0 Å². The Morgan fingerprint density at radius 1 is 1.33 bits per heavy atom. The Morgan fingerprint density at radius 2 is 1.92 bits per heavy atom. The maximum absolute atomic E-state index is 11.7. The van der Waals surface area contributed by atoms with Crippen LogP contribution in [0.5, 0.6) is 0 Å². The maximum atomic E-state index is 11.7. The van der Waals surface area contributed by atoms with Crippen LogP contribution in [0.4, 0.5) is 0 Å². The van der Waals surface area contributed by atoms with E-state index in [4.69, 9.17) is 11.6 Å². The summed E-state index contributed by atoms with van der Waals surface area (Å²) in [6.07, 6.45) is 3.77. The van der Waals surface area contributed by atoms with E-state index in [1.54, 1.807) is 0 Å². The molecule has 0 aromatic rings. The van der Waals surface area contributed by atoms with Crippen LogP contribution in [0.1, 0.15) is 25.7 Å². The highest BCUT2D eigenvalue weighted by molar-refractivity contribution is 6.90. The molecule has 1 atom stereocenters. The van der Waals surface area contributed by atoms with Crippen molar-refractivity contribution in [1.29, 1.82) is 0 Å². The summed E-state index contributed by atoms with van der Waals surface area (Å²) in [5.74, 6) is 0.301. The molecule has 0 spiro atoms. The van der Waals surface area contributed by atoms with Crippen molar-refractivity contribution in [2.45, 2.75) is 49.8 Å². The summed E-state index contributed by atoms with van der Waals surface area (Å²) >= 11 is 6.41. The van der Waals surface area contributed by atoms with Gasteiger partial charge in [0, 0.05) is 6.42 Å². The quantitative estimate of drug-likeness (QED) is 0.474. The summed E-state index contributed by atoms with van der Waals surface area (Å²) < 4.78 is -0.453. The molecule has 0 saturated heterocycles. The average molecular weight is 205 g/mol. The third-order valence-corrected chi connectivity index (χ3v) is 7.81. The number of carbonyl (C=O) groups excluding carboxylic acids is 1. The summed E-state index contributed by atoms with van der Waals surface area (Å²) in [7, 11) is -1.53. The minimum atomic E-state index is -1.53. The van der Waals surface area contributed by atoms with Gasteiger partial charge in [-0.1, -0.05) is 26.1 Å². The Balaban J connectivity index is 2.87. The molecule has 1 rings (SSSR count). The zero-order chi connectivity index (χ0) is 9.41. The van der Waals surface area contributed by atoms with E-state index in [0.717, 1.165) is 19.3 Å². The summed E-state index contributed by atoms with van der Waals surface area (Å²) in [6, 6.07) is 0. The fraction of sp³-hybridized carbons (Fsp3) is 0.889.